The van der Waals surface area contributed by atoms with Crippen LogP contribution in [0.4, 0.5) is 0 Å². The maximum absolute atomic E-state index is 11.5. The predicted octanol–water partition coefficient (Wildman–Crippen LogP) is 2.16. The minimum atomic E-state index is -0.135. The number of esters is 1. The van der Waals surface area contributed by atoms with Crippen molar-refractivity contribution in [2.45, 2.75) is 47.0 Å². The first-order chi connectivity index (χ1) is 6.21. The van der Waals surface area contributed by atoms with Crippen molar-refractivity contribution in [3.8, 4) is 0 Å². The molecule has 0 aromatic carbocycles. The molecule has 0 spiro atoms. The SMILES string of the molecule is CCOC(=O)C(CC)=C(CC)CC.[PbH2]. The molecule has 0 N–H and O–H groups in total. The van der Waals surface area contributed by atoms with Gasteiger partial charge in [0.05, 0.1) is 6.61 Å². The fourth-order valence-electron chi connectivity index (χ4n) is 1.43. The summed E-state index contributed by atoms with van der Waals surface area (Å²) in [7, 11) is 0. The van der Waals surface area contributed by atoms with Crippen LogP contribution in [0.3, 0.4) is 0 Å². The Hall–Kier alpha value is 0.132. The molecule has 0 heterocycles. The number of hydrogen-bond donors (Lipinski definition) is 0. The molecule has 0 aliphatic rings. The van der Waals surface area contributed by atoms with Crippen molar-refractivity contribution in [3.05, 3.63) is 11.1 Å². The van der Waals surface area contributed by atoms with Gasteiger partial charge in [0.1, 0.15) is 0 Å². The number of rotatable bonds is 5. The molecule has 2 radical (unpaired) electrons. The van der Waals surface area contributed by atoms with E-state index in [1.165, 1.54) is 5.57 Å². The van der Waals surface area contributed by atoms with Gasteiger partial charge in [-0.3, -0.25) is 0 Å². The molecule has 0 saturated heterocycles. The van der Waals surface area contributed by atoms with Gasteiger partial charge in [0.25, 0.3) is 0 Å². The summed E-state index contributed by atoms with van der Waals surface area (Å²) in [6.45, 7) is 8.45. The van der Waals surface area contributed by atoms with Gasteiger partial charge in [-0.2, -0.15) is 0 Å². The van der Waals surface area contributed by atoms with E-state index in [9.17, 15) is 4.79 Å². The Balaban J connectivity index is 0. The van der Waals surface area contributed by atoms with Gasteiger partial charge in [0.2, 0.25) is 0 Å². The van der Waals surface area contributed by atoms with Crippen molar-refractivity contribution in [3.63, 3.8) is 0 Å². The van der Waals surface area contributed by atoms with Crippen LogP contribution in [0.5, 0.6) is 0 Å². The molecule has 0 aromatic rings. The first-order valence-corrected chi connectivity index (χ1v) is 5.09. The van der Waals surface area contributed by atoms with Gasteiger partial charge in [-0.15, -0.1) is 0 Å². The summed E-state index contributed by atoms with van der Waals surface area (Å²) in [5.74, 6) is -0.135. The van der Waals surface area contributed by atoms with Crippen LogP contribution < -0.4 is 0 Å². The van der Waals surface area contributed by atoms with E-state index in [0.29, 0.717) is 6.61 Å². The maximum atomic E-state index is 11.5. The van der Waals surface area contributed by atoms with E-state index in [1.807, 2.05) is 13.8 Å². The Labute approximate surface area is 107 Å². The molecule has 0 rings (SSSR count). The molecule has 0 aliphatic heterocycles. The monoisotopic (exact) mass is 394 g/mol. The van der Waals surface area contributed by atoms with Gasteiger partial charge in [-0.25, -0.2) is 4.79 Å². The fraction of sp³-hybridized carbons (Fsp3) is 0.727. The van der Waals surface area contributed by atoms with Crippen molar-refractivity contribution in [1.29, 1.82) is 0 Å². The molecule has 82 valence electrons. The van der Waals surface area contributed by atoms with Crippen LogP contribution in [-0.2, 0) is 9.53 Å². The summed E-state index contributed by atoms with van der Waals surface area (Å²) in [6, 6.07) is 0. The number of carbonyl (C=O) groups is 1. The zero-order valence-electron chi connectivity index (χ0n) is 9.85. The Bertz CT molecular complexity index is 191. The number of allylic oxidation sites excluding steroid dienone is 1. The summed E-state index contributed by atoms with van der Waals surface area (Å²) in [6.07, 6.45) is 2.66. The summed E-state index contributed by atoms with van der Waals surface area (Å²) in [4.78, 5) is 11.5. The van der Waals surface area contributed by atoms with Gasteiger partial charge in [0, 0.05) is 5.57 Å². The summed E-state index contributed by atoms with van der Waals surface area (Å²) < 4.78 is 4.98. The number of hydrogen-bond acceptors (Lipinski definition) is 2. The Morgan fingerprint density at radius 1 is 1.00 bits per heavy atom. The fourth-order valence-corrected chi connectivity index (χ4v) is 1.43. The molecular weight excluding hydrogens is 371 g/mol. The van der Waals surface area contributed by atoms with Crippen molar-refractivity contribution in [1.82, 2.24) is 0 Å². The molecule has 3 heteroatoms. The molecule has 0 amide bonds. The normalized spacial score (nSPS) is 8.86. The second-order valence-electron chi connectivity index (χ2n) is 2.86. The molecule has 0 unspecified atom stereocenters. The van der Waals surface area contributed by atoms with E-state index >= 15 is 0 Å². The van der Waals surface area contributed by atoms with Crippen molar-refractivity contribution in [2.75, 3.05) is 6.61 Å². The summed E-state index contributed by atoms with van der Waals surface area (Å²) in [5.41, 5.74) is 2.09. The standard InChI is InChI=1S/C11H20O2.Pb.2H/c1-5-9(6-2)10(7-3)11(12)13-8-4;;;/h5-8H2,1-4H3;;;. The first kappa shape index (κ1) is 16.6. The quantitative estimate of drug-likeness (QED) is 0.407. The number of ether oxygens (including phenoxy) is 1. The molecule has 0 fully saturated rings. The third-order valence-electron chi connectivity index (χ3n) is 2.16. The van der Waals surface area contributed by atoms with E-state index in [0.717, 1.165) is 24.8 Å². The van der Waals surface area contributed by atoms with Crippen LogP contribution in [0.15, 0.2) is 11.1 Å². The van der Waals surface area contributed by atoms with Gasteiger partial charge in [0.15, 0.2) is 0 Å². The average Bonchev–Trinajstić information content (AvgIpc) is 2.14. The van der Waals surface area contributed by atoms with Crippen molar-refractivity contribution in [2.24, 2.45) is 0 Å². The van der Waals surface area contributed by atoms with Gasteiger partial charge in [-0.1, -0.05) is 26.3 Å². The van der Waals surface area contributed by atoms with E-state index < -0.39 is 0 Å². The van der Waals surface area contributed by atoms with E-state index in [4.69, 9.17) is 4.74 Å². The topological polar surface area (TPSA) is 26.3 Å². The van der Waals surface area contributed by atoms with Crippen LogP contribution in [0, 0.1) is 0 Å². The van der Waals surface area contributed by atoms with Gasteiger partial charge < -0.3 is 4.74 Å². The average molecular weight is 393 g/mol. The Morgan fingerprint density at radius 3 is 1.79 bits per heavy atom. The van der Waals surface area contributed by atoms with E-state index in [1.54, 1.807) is 0 Å². The van der Waals surface area contributed by atoms with Crippen LogP contribution in [0.2, 0.25) is 0 Å². The third kappa shape index (κ3) is 5.12. The van der Waals surface area contributed by atoms with Crippen LogP contribution >= 0.6 is 0 Å². The minimum absolute atomic E-state index is 0. The zero-order chi connectivity index (χ0) is 10.3. The van der Waals surface area contributed by atoms with E-state index in [2.05, 4.69) is 13.8 Å². The molecule has 0 aliphatic carbocycles. The summed E-state index contributed by atoms with van der Waals surface area (Å²) >= 11 is 0. The molecular formula is C11H22O2Pb. The Kier molecular flexibility index (Phi) is 11.4. The molecule has 0 bridgehead atoms. The van der Waals surface area contributed by atoms with Crippen LogP contribution in [-0.4, -0.2) is 39.9 Å². The molecule has 0 aromatic heterocycles. The first-order valence-electron chi connectivity index (χ1n) is 5.09. The molecule has 14 heavy (non-hydrogen) atoms. The second kappa shape index (κ2) is 9.68. The zero-order valence-corrected chi connectivity index (χ0v) is 15.3. The number of carbonyl (C=O) groups excluding carboxylic acids is 1. The van der Waals surface area contributed by atoms with Crippen LogP contribution in [0.25, 0.3) is 0 Å². The molecule has 0 atom stereocenters. The Morgan fingerprint density at radius 2 is 1.50 bits per heavy atom. The molecule has 0 saturated carbocycles. The predicted molar refractivity (Wildman–Crippen MR) is 63.1 cm³/mol. The second-order valence-corrected chi connectivity index (χ2v) is 2.86. The van der Waals surface area contributed by atoms with E-state index in [-0.39, 0.29) is 33.3 Å². The molecule has 2 nitrogen and oxygen atoms in total. The van der Waals surface area contributed by atoms with Gasteiger partial charge in [-0.05, 0) is 26.2 Å². The van der Waals surface area contributed by atoms with Crippen molar-refractivity contribution < 1.29 is 9.53 Å². The van der Waals surface area contributed by atoms with Gasteiger partial charge >= 0.3 is 33.3 Å². The van der Waals surface area contributed by atoms with Crippen LogP contribution in [0.1, 0.15) is 47.0 Å². The summed E-state index contributed by atoms with van der Waals surface area (Å²) in [5, 5.41) is 0. The van der Waals surface area contributed by atoms with Crippen molar-refractivity contribution >= 4 is 33.3 Å². The third-order valence-corrected chi connectivity index (χ3v) is 2.16.